The lowest BCUT2D eigenvalue weighted by molar-refractivity contribution is 0.412. The van der Waals surface area contributed by atoms with Gasteiger partial charge in [0.1, 0.15) is 11.5 Å². The van der Waals surface area contributed by atoms with Crippen LogP contribution in [-0.2, 0) is 13.0 Å². The minimum atomic E-state index is -0.538. The SMILES string of the molecule is CCn1c(O)c(Cc2ccc(Oc3ccccc3)cc2)oc1=O. The van der Waals surface area contributed by atoms with Crippen LogP contribution in [0.3, 0.4) is 0 Å². The van der Waals surface area contributed by atoms with Gasteiger partial charge in [-0.1, -0.05) is 30.3 Å². The maximum absolute atomic E-state index is 11.6. The fourth-order valence-corrected chi connectivity index (χ4v) is 2.32. The maximum Gasteiger partial charge on any atom is 0.422 e. The van der Waals surface area contributed by atoms with Gasteiger partial charge in [0, 0.05) is 13.0 Å². The van der Waals surface area contributed by atoms with Gasteiger partial charge in [-0.3, -0.25) is 0 Å². The van der Waals surface area contributed by atoms with Crippen LogP contribution in [0.2, 0.25) is 0 Å². The Morgan fingerprint density at radius 2 is 1.70 bits per heavy atom. The van der Waals surface area contributed by atoms with Crippen molar-refractivity contribution in [3.63, 3.8) is 0 Å². The lowest BCUT2D eigenvalue weighted by Gasteiger charge is -2.06. The van der Waals surface area contributed by atoms with Crippen molar-refractivity contribution in [2.24, 2.45) is 0 Å². The van der Waals surface area contributed by atoms with Crippen molar-refractivity contribution in [1.82, 2.24) is 4.57 Å². The molecule has 0 radical (unpaired) electrons. The molecular weight excluding hydrogens is 294 g/mol. The van der Waals surface area contributed by atoms with E-state index in [2.05, 4.69) is 0 Å². The molecule has 0 unspecified atom stereocenters. The van der Waals surface area contributed by atoms with Crippen molar-refractivity contribution in [3.05, 3.63) is 76.5 Å². The van der Waals surface area contributed by atoms with Gasteiger partial charge in [0.25, 0.3) is 0 Å². The van der Waals surface area contributed by atoms with Crippen LogP contribution >= 0.6 is 0 Å². The summed E-state index contributed by atoms with van der Waals surface area (Å²) in [4.78, 5) is 11.6. The van der Waals surface area contributed by atoms with Gasteiger partial charge in [-0.25, -0.2) is 9.36 Å². The molecule has 0 fully saturated rings. The highest BCUT2D eigenvalue weighted by Gasteiger charge is 2.14. The van der Waals surface area contributed by atoms with Crippen molar-refractivity contribution in [1.29, 1.82) is 0 Å². The molecule has 0 aliphatic heterocycles. The van der Waals surface area contributed by atoms with Crippen LogP contribution < -0.4 is 10.5 Å². The molecule has 0 spiro atoms. The highest BCUT2D eigenvalue weighted by atomic mass is 16.5. The van der Waals surface area contributed by atoms with Gasteiger partial charge in [-0.05, 0) is 36.8 Å². The predicted octanol–water partition coefficient (Wildman–Crippen LogP) is 3.55. The number of rotatable bonds is 5. The average molecular weight is 311 g/mol. The Labute approximate surface area is 133 Å². The third-order valence-electron chi connectivity index (χ3n) is 3.52. The van der Waals surface area contributed by atoms with Crippen LogP contribution in [0.25, 0.3) is 0 Å². The molecule has 23 heavy (non-hydrogen) atoms. The minimum absolute atomic E-state index is 0.109. The van der Waals surface area contributed by atoms with Crippen molar-refractivity contribution in [3.8, 4) is 17.4 Å². The third kappa shape index (κ3) is 3.29. The molecule has 0 amide bonds. The molecule has 2 aromatic carbocycles. The van der Waals surface area contributed by atoms with Crippen LogP contribution in [0, 0.1) is 0 Å². The number of hydrogen-bond donors (Lipinski definition) is 1. The molecule has 0 aliphatic carbocycles. The summed E-state index contributed by atoms with van der Waals surface area (Å²) >= 11 is 0. The van der Waals surface area contributed by atoms with Gasteiger partial charge in [-0.2, -0.15) is 0 Å². The second kappa shape index (κ2) is 6.44. The maximum atomic E-state index is 11.6. The Morgan fingerprint density at radius 3 is 2.30 bits per heavy atom. The van der Waals surface area contributed by atoms with E-state index in [0.717, 1.165) is 17.1 Å². The summed E-state index contributed by atoms with van der Waals surface area (Å²) in [6.45, 7) is 2.15. The monoisotopic (exact) mass is 311 g/mol. The second-order valence-electron chi connectivity index (χ2n) is 5.09. The first-order chi connectivity index (χ1) is 11.2. The van der Waals surface area contributed by atoms with Crippen LogP contribution in [-0.4, -0.2) is 9.67 Å². The normalized spacial score (nSPS) is 10.7. The van der Waals surface area contributed by atoms with Gasteiger partial charge >= 0.3 is 5.76 Å². The zero-order valence-electron chi connectivity index (χ0n) is 12.7. The van der Waals surface area contributed by atoms with Gasteiger partial charge in [-0.15, -0.1) is 0 Å². The van der Waals surface area contributed by atoms with E-state index in [1.807, 2.05) is 54.6 Å². The molecule has 1 N–H and O–H groups in total. The predicted molar refractivity (Wildman–Crippen MR) is 86.1 cm³/mol. The van der Waals surface area contributed by atoms with E-state index in [4.69, 9.17) is 9.15 Å². The van der Waals surface area contributed by atoms with Crippen molar-refractivity contribution in [2.75, 3.05) is 0 Å². The van der Waals surface area contributed by atoms with Gasteiger partial charge in [0.05, 0.1) is 0 Å². The number of aromatic nitrogens is 1. The van der Waals surface area contributed by atoms with Crippen LogP contribution in [0.1, 0.15) is 18.2 Å². The Hall–Kier alpha value is -2.95. The number of para-hydroxylation sites is 1. The molecular formula is C18H17NO4. The van der Waals surface area contributed by atoms with Gasteiger partial charge < -0.3 is 14.3 Å². The molecule has 118 valence electrons. The molecule has 1 aromatic heterocycles. The number of oxazole rings is 1. The molecule has 3 rings (SSSR count). The fourth-order valence-electron chi connectivity index (χ4n) is 2.32. The number of ether oxygens (including phenoxy) is 1. The molecule has 0 bridgehead atoms. The first-order valence-electron chi connectivity index (χ1n) is 7.40. The quantitative estimate of drug-likeness (QED) is 0.782. The third-order valence-corrected chi connectivity index (χ3v) is 3.52. The van der Waals surface area contributed by atoms with Gasteiger partial charge in [0.15, 0.2) is 5.76 Å². The molecule has 5 nitrogen and oxygen atoms in total. The van der Waals surface area contributed by atoms with E-state index in [-0.39, 0.29) is 11.6 Å². The number of benzene rings is 2. The zero-order valence-corrected chi connectivity index (χ0v) is 12.7. The van der Waals surface area contributed by atoms with E-state index in [0.29, 0.717) is 13.0 Å². The zero-order chi connectivity index (χ0) is 16.2. The van der Waals surface area contributed by atoms with Crippen LogP contribution in [0.4, 0.5) is 0 Å². The lowest BCUT2D eigenvalue weighted by Crippen LogP contribution is -2.11. The van der Waals surface area contributed by atoms with Crippen molar-refractivity contribution >= 4 is 0 Å². The molecule has 0 saturated heterocycles. The number of aromatic hydroxyl groups is 1. The summed E-state index contributed by atoms with van der Waals surface area (Å²) in [5.74, 6) is 1.11. The van der Waals surface area contributed by atoms with E-state index in [9.17, 15) is 9.90 Å². The molecule has 0 atom stereocenters. The summed E-state index contributed by atoms with van der Waals surface area (Å²) in [5, 5.41) is 9.96. The first-order valence-corrected chi connectivity index (χ1v) is 7.40. The Balaban J connectivity index is 1.74. The summed E-state index contributed by atoms with van der Waals surface area (Å²) in [5.41, 5.74) is 0.915. The van der Waals surface area contributed by atoms with Crippen molar-refractivity contribution in [2.45, 2.75) is 19.9 Å². The molecule has 3 aromatic rings. The number of hydrogen-bond acceptors (Lipinski definition) is 4. The van der Waals surface area contributed by atoms with Gasteiger partial charge in [0.2, 0.25) is 5.88 Å². The largest absolute Gasteiger partial charge is 0.492 e. The topological polar surface area (TPSA) is 64.6 Å². The second-order valence-corrected chi connectivity index (χ2v) is 5.09. The highest BCUT2D eigenvalue weighted by molar-refractivity contribution is 5.34. The smallest absolute Gasteiger partial charge is 0.422 e. The van der Waals surface area contributed by atoms with Crippen molar-refractivity contribution < 1.29 is 14.3 Å². The summed E-state index contributed by atoms with van der Waals surface area (Å²) in [6, 6.07) is 16.9. The summed E-state index contributed by atoms with van der Waals surface area (Å²) < 4.78 is 12.0. The number of nitrogens with zero attached hydrogens (tertiary/aromatic N) is 1. The Bertz CT molecular complexity index is 832. The van der Waals surface area contributed by atoms with E-state index < -0.39 is 5.76 Å². The Morgan fingerprint density at radius 1 is 1.04 bits per heavy atom. The first kappa shape index (κ1) is 15.0. The van der Waals surface area contributed by atoms with Crippen LogP contribution in [0.5, 0.6) is 17.4 Å². The minimum Gasteiger partial charge on any atom is -0.492 e. The standard InChI is InChI=1S/C18H17NO4/c1-2-19-17(20)16(23-18(19)21)12-13-8-10-15(11-9-13)22-14-6-4-3-5-7-14/h3-11,20H,2,12H2,1H3. The van der Waals surface area contributed by atoms with E-state index >= 15 is 0 Å². The van der Waals surface area contributed by atoms with E-state index in [1.165, 1.54) is 4.57 Å². The fraction of sp³-hybridized carbons (Fsp3) is 0.167. The summed E-state index contributed by atoms with van der Waals surface area (Å²) in [6.07, 6.45) is 0.347. The molecule has 0 aliphatic rings. The highest BCUT2D eigenvalue weighted by Crippen LogP contribution is 2.24. The molecule has 1 heterocycles. The van der Waals surface area contributed by atoms with Crippen LogP contribution in [0.15, 0.2) is 63.8 Å². The molecule has 0 saturated carbocycles. The summed E-state index contributed by atoms with van der Waals surface area (Å²) in [7, 11) is 0. The molecule has 5 heteroatoms. The van der Waals surface area contributed by atoms with E-state index in [1.54, 1.807) is 6.92 Å². The average Bonchev–Trinajstić information content (AvgIpc) is 2.83. The lowest BCUT2D eigenvalue weighted by atomic mass is 10.1. The Kier molecular flexibility index (Phi) is 4.19.